The van der Waals surface area contributed by atoms with Gasteiger partial charge in [0.15, 0.2) is 5.16 Å². The Bertz CT molecular complexity index is 1270. The second kappa shape index (κ2) is 7.79. The molecule has 0 bridgehead atoms. The fourth-order valence-corrected chi connectivity index (χ4v) is 4.19. The minimum atomic E-state index is -0.119. The highest BCUT2D eigenvalue weighted by atomic mass is 32.2. The molecular weight excluding hydrogens is 386 g/mol. The van der Waals surface area contributed by atoms with E-state index in [4.69, 9.17) is 0 Å². The number of carbonyl (C=O) groups excluding carboxylic acids is 1. The van der Waals surface area contributed by atoms with E-state index in [0.717, 1.165) is 32.8 Å². The van der Waals surface area contributed by atoms with E-state index in [1.165, 1.54) is 11.8 Å². The van der Waals surface area contributed by atoms with Gasteiger partial charge < -0.3 is 10.3 Å². The summed E-state index contributed by atoms with van der Waals surface area (Å²) in [6, 6.07) is 11.6. The van der Waals surface area contributed by atoms with E-state index in [-0.39, 0.29) is 17.3 Å². The highest BCUT2D eigenvalue weighted by Crippen LogP contribution is 2.22. The summed E-state index contributed by atoms with van der Waals surface area (Å²) in [7, 11) is 0. The van der Waals surface area contributed by atoms with E-state index in [9.17, 15) is 9.59 Å². The van der Waals surface area contributed by atoms with Gasteiger partial charge in [-0.05, 0) is 56.7 Å². The monoisotopic (exact) mass is 409 g/mol. The molecule has 0 radical (unpaired) electrons. The predicted octanol–water partition coefficient (Wildman–Crippen LogP) is 3.76. The summed E-state index contributed by atoms with van der Waals surface area (Å²) in [5.74, 6) is 0.124. The molecule has 0 saturated heterocycles. The topological polar surface area (TPSA) is 84.7 Å². The normalized spacial score (nSPS) is 11.4. The van der Waals surface area contributed by atoms with Crippen molar-refractivity contribution in [3.05, 3.63) is 52.4 Å². The van der Waals surface area contributed by atoms with Gasteiger partial charge >= 0.3 is 5.69 Å². The van der Waals surface area contributed by atoms with Crippen molar-refractivity contribution in [1.82, 2.24) is 19.1 Å². The summed E-state index contributed by atoms with van der Waals surface area (Å²) >= 11 is 1.36. The maximum absolute atomic E-state index is 12.5. The Kier molecular flexibility index (Phi) is 5.19. The van der Waals surface area contributed by atoms with Crippen molar-refractivity contribution in [1.29, 1.82) is 0 Å². The molecule has 0 aliphatic heterocycles. The van der Waals surface area contributed by atoms with Crippen molar-refractivity contribution in [3.63, 3.8) is 0 Å². The van der Waals surface area contributed by atoms with Gasteiger partial charge in [0.25, 0.3) is 0 Å². The van der Waals surface area contributed by atoms with Crippen LogP contribution in [0.3, 0.4) is 0 Å². The molecular formula is C21H23N5O2S. The summed E-state index contributed by atoms with van der Waals surface area (Å²) in [4.78, 5) is 32.6. The van der Waals surface area contributed by atoms with E-state index in [2.05, 4.69) is 15.3 Å². The van der Waals surface area contributed by atoms with Crippen molar-refractivity contribution in [2.45, 2.75) is 39.0 Å². The Hall–Kier alpha value is -3.00. The maximum Gasteiger partial charge on any atom is 0.329 e. The molecule has 0 aliphatic carbocycles. The fraction of sp³-hybridized carbons (Fsp3) is 0.286. The van der Waals surface area contributed by atoms with Gasteiger partial charge in [-0.3, -0.25) is 13.9 Å². The Morgan fingerprint density at radius 3 is 2.62 bits per heavy atom. The lowest BCUT2D eigenvalue weighted by Crippen LogP contribution is -2.23. The number of hydrogen-bond donors (Lipinski definition) is 2. The molecule has 2 aromatic carbocycles. The summed E-state index contributed by atoms with van der Waals surface area (Å²) < 4.78 is 3.46. The van der Waals surface area contributed by atoms with Crippen LogP contribution in [0.15, 0.2) is 46.3 Å². The minimum Gasteiger partial charge on any atom is -0.333 e. The van der Waals surface area contributed by atoms with E-state index in [1.54, 1.807) is 9.13 Å². The molecule has 0 aliphatic rings. The first-order valence-electron chi connectivity index (χ1n) is 9.62. The molecule has 4 rings (SSSR count). The summed E-state index contributed by atoms with van der Waals surface area (Å²) in [6.45, 7) is 7.12. The Morgan fingerprint density at radius 1 is 1.10 bits per heavy atom. The summed E-state index contributed by atoms with van der Waals surface area (Å²) in [5, 5.41) is 3.64. The molecule has 0 atom stereocenters. The van der Waals surface area contributed by atoms with Crippen LogP contribution < -0.4 is 11.0 Å². The lowest BCUT2D eigenvalue weighted by Gasteiger charge is -2.06. The number of carbonyl (C=O) groups is 1. The standard InChI is InChI=1S/C21H23N5O2S/c1-4-25-17-9-7-14(11-18(17)26(5-2)21(25)28)22-19(27)12-29-20-23-15-8-6-13(3)10-16(15)24-20/h6-11H,4-5,12H2,1-3H3,(H,22,27)(H,23,24). The first kappa shape index (κ1) is 19.3. The number of H-pyrrole nitrogens is 1. The van der Waals surface area contributed by atoms with Crippen LogP contribution in [0.1, 0.15) is 19.4 Å². The number of nitrogens with one attached hydrogen (secondary N) is 2. The van der Waals surface area contributed by atoms with E-state index < -0.39 is 0 Å². The van der Waals surface area contributed by atoms with E-state index >= 15 is 0 Å². The van der Waals surface area contributed by atoms with Crippen LogP contribution in [0, 0.1) is 6.92 Å². The van der Waals surface area contributed by atoms with Gasteiger partial charge in [-0.15, -0.1) is 0 Å². The van der Waals surface area contributed by atoms with Gasteiger partial charge in [-0.25, -0.2) is 9.78 Å². The second-order valence-electron chi connectivity index (χ2n) is 6.87. The zero-order valence-electron chi connectivity index (χ0n) is 16.7. The van der Waals surface area contributed by atoms with Crippen LogP contribution in [0.4, 0.5) is 5.69 Å². The number of hydrogen-bond acceptors (Lipinski definition) is 4. The van der Waals surface area contributed by atoms with Gasteiger partial charge in [0.05, 0.1) is 27.8 Å². The van der Waals surface area contributed by atoms with Crippen molar-refractivity contribution in [3.8, 4) is 0 Å². The zero-order valence-corrected chi connectivity index (χ0v) is 17.5. The summed E-state index contributed by atoms with van der Waals surface area (Å²) in [5.41, 5.74) is 5.39. The first-order valence-corrected chi connectivity index (χ1v) is 10.6. The van der Waals surface area contributed by atoms with Gasteiger partial charge in [-0.2, -0.15) is 0 Å². The Labute approximate surface area is 172 Å². The van der Waals surface area contributed by atoms with Gasteiger partial charge in [0.2, 0.25) is 5.91 Å². The molecule has 1 amide bonds. The lowest BCUT2D eigenvalue weighted by molar-refractivity contribution is -0.113. The molecule has 29 heavy (non-hydrogen) atoms. The largest absolute Gasteiger partial charge is 0.333 e. The smallest absolute Gasteiger partial charge is 0.329 e. The highest BCUT2D eigenvalue weighted by Gasteiger charge is 2.13. The molecule has 8 heteroatoms. The molecule has 2 aromatic heterocycles. The molecule has 4 aromatic rings. The number of fused-ring (bicyclic) bond motifs is 2. The van der Waals surface area contributed by atoms with Crippen LogP contribution in [0.5, 0.6) is 0 Å². The van der Waals surface area contributed by atoms with Crippen LogP contribution >= 0.6 is 11.8 Å². The maximum atomic E-state index is 12.5. The van der Waals surface area contributed by atoms with Crippen LogP contribution in [0.2, 0.25) is 0 Å². The number of thioether (sulfide) groups is 1. The molecule has 0 saturated carbocycles. The molecule has 0 unspecified atom stereocenters. The number of rotatable bonds is 6. The lowest BCUT2D eigenvalue weighted by atomic mass is 10.2. The quantitative estimate of drug-likeness (QED) is 0.475. The molecule has 7 nitrogen and oxygen atoms in total. The fourth-order valence-electron chi connectivity index (χ4n) is 3.51. The third-order valence-electron chi connectivity index (χ3n) is 4.89. The third kappa shape index (κ3) is 3.67. The number of aryl methyl sites for hydroxylation is 3. The minimum absolute atomic E-state index is 0.0239. The highest BCUT2D eigenvalue weighted by molar-refractivity contribution is 7.99. The predicted molar refractivity (Wildman–Crippen MR) is 118 cm³/mol. The average molecular weight is 410 g/mol. The van der Waals surface area contributed by atoms with Crippen molar-refractivity contribution >= 4 is 45.4 Å². The molecule has 0 fully saturated rings. The van der Waals surface area contributed by atoms with E-state index in [0.29, 0.717) is 18.8 Å². The van der Waals surface area contributed by atoms with Crippen LogP contribution in [-0.2, 0) is 17.9 Å². The van der Waals surface area contributed by atoms with Gasteiger partial charge in [0.1, 0.15) is 0 Å². The first-order chi connectivity index (χ1) is 14.0. The second-order valence-corrected chi connectivity index (χ2v) is 7.84. The molecule has 2 N–H and O–H groups in total. The van der Waals surface area contributed by atoms with Gasteiger partial charge in [0, 0.05) is 18.8 Å². The number of nitrogens with zero attached hydrogens (tertiary/aromatic N) is 3. The third-order valence-corrected chi connectivity index (χ3v) is 5.76. The van der Waals surface area contributed by atoms with Crippen LogP contribution in [-0.4, -0.2) is 30.8 Å². The Balaban J connectivity index is 1.48. The van der Waals surface area contributed by atoms with Crippen molar-refractivity contribution in [2.24, 2.45) is 0 Å². The number of aromatic nitrogens is 4. The Morgan fingerprint density at radius 2 is 1.86 bits per heavy atom. The number of amides is 1. The van der Waals surface area contributed by atoms with Gasteiger partial charge in [-0.1, -0.05) is 17.8 Å². The summed E-state index contributed by atoms with van der Waals surface area (Å²) in [6.07, 6.45) is 0. The van der Waals surface area contributed by atoms with Crippen LogP contribution in [0.25, 0.3) is 22.1 Å². The number of imidazole rings is 2. The number of benzene rings is 2. The zero-order chi connectivity index (χ0) is 20.5. The SMILES string of the molecule is CCn1c(=O)n(CC)c2cc(NC(=O)CSc3nc4ccc(C)cc4[nH]3)ccc21. The van der Waals surface area contributed by atoms with Crippen molar-refractivity contribution in [2.75, 3.05) is 11.1 Å². The molecule has 2 heterocycles. The molecule has 150 valence electrons. The van der Waals surface area contributed by atoms with Crippen molar-refractivity contribution < 1.29 is 4.79 Å². The molecule has 0 spiro atoms. The number of anilines is 1. The van der Waals surface area contributed by atoms with E-state index in [1.807, 2.05) is 57.2 Å². The average Bonchev–Trinajstić information content (AvgIpc) is 3.22. The number of aromatic amines is 1.